The third-order valence-corrected chi connectivity index (χ3v) is 4.31. The maximum Gasteiger partial charge on any atom is 0.123 e. The number of aliphatic hydroxyl groups excluding tert-OH is 1. The molecule has 0 aliphatic heterocycles. The lowest BCUT2D eigenvalue weighted by molar-refractivity contribution is 0.106. The largest absolute Gasteiger partial charge is 0.491 e. The lowest BCUT2D eigenvalue weighted by Crippen LogP contribution is -2.31. The number of aromatic nitrogens is 2. The topological polar surface area (TPSA) is 70.2 Å². The number of rotatable bonds is 8. The van der Waals surface area contributed by atoms with Gasteiger partial charge in [0, 0.05) is 24.2 Å². The first kappa shape index (κ1) is 19.1. The highest BCUT2D eigenvalue weighted by Gasteiger charge is 2.10. The molecule has 5 nitrogen and oxygen atoms in total. The third-order valence-electron chi connectivity index (χ3n) is 4.31. The molecule has 0 saturated heterocycles. The van der Waals surface area contributed by atoms with Gasteiger partial charge in [-0.05, 0) is 49.7 Å². The lowest BCUT2D eigenvalue weighted by Gasteiger charge is -2.15. The van der Waals surface area contributed by atoms with Crippen LogP contribution in [0.5, 0.6) is 5.75 Å². The molecule has 0 amide bonds. The fraction of sp³-hybridized carbons (Fsp3) is 0.286. The van der Waals surface area contributed by atoms with Crippen LogP contribution in [0.2, 0.25) is 0 Å². The molecule has 1 atom stereocenters. The van der Waals surface area contributed by atoms with E-state index in [0.717, 1.165) is 28.1 Å². The van der Waals surface area contributed by atoms with E-state index in [1.165, 1.54) is 17.7 Å². The van der Waals surface area contributed by atoms with E-state index in [0.29, 0.717) is 13.1 Å². The second-order valence-electron chi connectivity index (χ2n) is 6.64. The van der Waals surface area contributed by atoms with E-state index in [1.54, 1.807) is 18.3 Å². The molecule has 0 bridgehead atoms. The minimum Gasteiger partial charge on any atom is -0.491 e. The molecule has 3 rings (SSSR count). The van der Waals surface area contributed by atoms with Crippen LogP contribution in [0.15, 0.2) is 48.7 Å². The molecule has 1 heterocycles. The Morgan fingerprint density at radius 1 is 1.19 bits per heavy atom. The molecule has 0 fully saturated rings. The zero-order valence-corrected chi connectivity index (χ0v) is 15.5. The summed E-state index contributed by atoms with van der Waals surface area (Å²) in [5, 5.41) is 20.4. The van der Waals surface area contributed by atoms with Gasteiger partial charge in [-0.25, -0.2) is 4.39 Å². The van der Waals surface area contributed by atoms with Crippen molar-refractivity contribution in [1.82, 2.24) is 15.5 Å². The van der Waals surface area contributed by atoms with Crippen LogP contribution in [0.3, 0.4) is 0 Å². The number of halogens is 1. The van der Waals surface area contributed by atoms with Crippen LogP contribution in [-0.4, -0.2) is 34.6 Å². The number of benzene rings is 2. The number of nitrogens with zero attached hydrogens (tertiary/aromatic N) is 1. The SMILES string of the molecule is Cc1ccc(OC[C@H](O)CNCc2cn[nH]c2-c2ccc(F)cc2)c(C)c1. The van der Waals surface area contributed by atoms with E-state index in [4.69, 9.17) is 4.74 Å². The summed E-state index contributed by atoms with van der Waals surface area (Å²) in [5.74, 6) is 0.512. The Morgan fingerprint density at radius 2 is 1.96 bits per heavy atom. The van der Waals surface area contributed by atoms with Gasteiger partial charge in [-0.15, -0.1) is 0 Å². The Hall–Kier alpha value is -2.70. The van der Waals surface area contributed by atoms with Crippen molar-refractivity contribution in [1.29, 1.82) is 0 Å². The Bertz CT molecular complexity index is 877. The van der Waals surface area contributed by atoms with E-state index < -0.39 is 6.10 Å². The number of H-pyrrole nitrogens is 1. The first-order valence-electron chi connectivity index (χ1n) is 8.90. The van der Waals surface area contributed by atoms with Gasteiger partial charge in [0.1, 0.15) is 24.3 Å². The summed E-state index contributed by atoms with van der Waals surface area (Å²) in [7, 11) is 0. The van der Waals surface area contributed by atoms with Crippen LogP contribution in [0.25, 0.3) is 11.3 Å². The molecule has 2 aromatic carbocycles. The molecule has 6 heteroatoms. The van der Waals surface area contributed by atoms with Crippen LogP contribution < -0.4 is 10.1 Å². The molecule has 0 saturated carbocycles. The van der Waals surface area contributed by atoms with Gasteiger partial charge < -0.3 is 15.2 Å². The molecule has 1 aromatic heterocycles. The highest BCUT2D eigenvalue weighted by molar-refractivity contribution is 5.62. The number of aromatic amines is 1. The summed E-state index contributed by atoms with van der Waals surface area (Å²) in [6.45, 7) is 5.16. The smallest absolute Gasteiger partial charge is 0.123 e. The first-order valence-corrected chi connectivity index (χ1v) is 8.90. The maximum atomic E-state index is 13.1. The lowest BCUT2D eigenvalue weighted by atomic mass is 10.1. The monoisotopic (exact) mass is 369 g/mol. The van der Waals surface area contributed by atoms with Gasteiger partial charge in [0.25, 0.3) is 0 Å². The van der Waals surface area contributed by atoms with Crippen LogP contribution in [0.1, 0.15) is 16.7 Å². The second kappa shape index (κ2) is 8.79. The van der Waals surface area contributed by atoms with E-state index in [1.807, 2.05) is 26.0 Å². The second-order valence-corrected chi connectivity index (χ2v) is 6.64. The summed E-state index contributed by atoms with van der Waals surface area (Å²) in [5.41, 5.74) is 4.88. The first-order chi connectivity index (χ1) is 13.0. The number of hydrogen-bond acceptors (Lipinski definition) is 4. The number of aliphatic hydroxyl groups is 1. The zero-order chi connectivity index (χ0) is 19.2. The van der Waals surface area contributed by atoms with Gasteiger partial charge in [-0.2, -0.15) is 5.10 Å². The van der Waals surface area contributed by atoms with Crippen LogP contribution >= 0.6 is 0 Å². The highest BCUT2D eigenvalue weighted by Crippen LogP contribution is 2.21. The van der Waals surface area contributed by atoms with Crippen molar-refractivity contribution in [2.24, 2.45) is 0 Å². The molecule has 0 aliphatic carbocycles. The fourth-order valence-electron chi connectivity index (χ4n) is 2.89. The van der Waals surface area contributed by atoms with Crippen LogP contribution in [0.4, 0.5) is 4.39 Å². The molecule has 142 valence electrons. The van der Waals surface area contributed by atoms with Crippen molar-refractivity contribution >= 4 is 0 Å². The number of nitrogens with one attached hydrogen (secondary N) is 2. The Morgan fingerprint density at radius 3 is 2.70 bits per heavy atom. The normalized spacial score (nSPS) is 12.1. The third kappa shape index (κ3) is 5.15. The Labute approximate surface area is 158 Å². The zero-order valence-electron chi connectivity index (χ0n) is 15.5. The fourth-order valence-corrected chi connectivity index (χ4v) is 2.89. The molecule has 3 N–H and O–H groups in total. The van der Waals surface area contributed by atoms with Crippen molar-refractivity contribution in [3.05, 3.63) is 71.2 Å². The van der Waals surface area contributed by atoms with Gasteiger partial charge in [0.2, 0.25) is 0 Å². The molecule has 27 heavy (non-hydrogen) atoms. The van der Waals surface area contributed by atoms with Crippen molar-refractivity contribution in [3.8, 4) is 17.0 Å². The van der Waals surface area contributed by atoms with Gasteiger partial charge >= 0.3 is 0 Å². The van der Waals surface area contributed by atoms with Crippen molar-refractivity contribution in [2.75, 3.05) is 13.2 Å². The van der Waals surface area contributed by atoms with Crippen molar-refractivity contribution in [2.45, 2.75) is 26.5 Å². The maximum absolute atomic E-state index is 13.1. The van der Waals surface area contributed by atoms with E-state index in [9.17, 15) is 9.50 Å². The average Bonchev–Trinajstić information content (AvgIpc) is 3.10. The predicted octanol–water partition coefficient (Wildman–Crippen LogP) is 3.36. The number of hydrogen-bond donors (Lipinski definition) is 3. The Kier molecular flexibility index (Phi) is 6.21. The number of aryl methyl sites for hydroxylation is 2. The van der Waals surface area contributed by atoms with Gasteiger partial charge in [-0.1, -0.05) is 17.7 Å². The molecule has 0 radical (unpaired) electrons. The Balaban J connectivity index is 1.48. The quantitative estimate of drug-likeness (QED) is 0.569. The summed E-state index contributed by atoms with van der Waals surface area (Å²) >= 11 is 0. The standard InChI is InChI=1S/C21H24FN3O2/c1-14-3-8-20(15(2)9-14)27-13-19(26)12-23-10-17-11-24-25-21(17)16-4-6-18(22)7-5-16/h3-9,11,19,23,26H,10,12-13H2,1-2H3,(H,24,25)/t19-/m1/s1. The summed E-state index contributed by atoms with van der Waals surface area (Å²) in [6, 6.07) is 12.2. The van der Waals surface area contributed by atoms with Gasteiger partial charge in [0.15, 0.2) is 0 Å². The van der Waals surface area contributed by atoms with Gasteiger partial charge in [-0.3, -0.25) is 5.10 Å². The van der Waals surface area contributed by atoms with Gasteiger partial charge in [0.05, 0.1) is 11.9 Å². The molecule has 0 spiro atoms. The summed E-state index contributed by atoms with van der Waals surface area (Å²) in [6.07, 6.45) is 1.09. The van der Waals surface area contributed by atoms with Crippen molar-refractivity contribution in [3.63, 3.8) is 0 Å². The average molecular weight is 369 g/mol. The molecular weight excluding hydrogens is 345 g/mol. The van der Waals surface area contributed by atoms with E-state index in [2.05, 4.69) is 21.6 Å². The predicted molar refractivity (Wildman–Crippen MR) is 103 cm³/mol. The molecule has 0 aliphatic rings. The minimum atomic E-state index is -0.633. The van der Waals surface area contributed by atoms with E-state index in [-0.39, 0.29) is 12.4 Å². The number of ether oxygens (including phenoxy) is 1. The van der Waals surface area contributed by atoms with Crippen LogP contribution in [-0.2, 0) is 6.54 Å². The summed E-state index contributed by atoms with van der Waals surface area (Å²) in [4.78, 5) is 0. The van der Waals surface area contributed by atoms with Crippen molar-refractivity contribution < 1.29 is 14.2 Å². The minimum absolute atomic E-state index is 0.215. The summed E-state index contributed by atoms with van der Waals surface area (Å²) < 4.78 is 18.8. The molecule has 0 unspecified atom stereocenters. The molecule has 3 aromatic rings. The highest BCUT2D eigenvalue weighted by atomic mass is 19.1. The molecular formula is C21H24FN3O2. The van der Waals surface area contributed by atoms with E-state index >= 15 is 0 Å². The van der Waals surface area contributed by atoms with Crippen LogP contribution in [0, 0.1) is 19.7 Å².